The Morgan fingerprint density at radius 2 is 2.26 bits per heavy atom. The van der Waals surface area contributed by atoms with Gasteiger partial charge in [0.15, 0.2) is 0 Å². The fourth-order valence-corrected chi connectivity index (χ4v) is 1.60. The van der Waals surface area contributed by atoms with Crippen LogP contribution in [0.25, 0.3) is 5.69 Å². The lowest BCUT2D eigenvalue weighted by Gasteiger charge is -2.10. The summed E-state index contributed by atoms with van der Waals surface area (Å²) in [6.07, 6.45) is 1.67. The highest BCUT2D eigenvalue weighted by Crippen LogP contribution is 2.18. The van der Waals surface area contributed by atoms with Gasteiger partial charge in [-0.2, -0.15) is 4.68 Å². The minimum absolute atomic E-state index is 0.151. The molecule has 1 aromatic carbocycles. The predicted molar refractivity (Wildman–Crippen MR) is 68.7 cm³/mol. The Morgan fingerprint density at radius 3 is 2.95 bits per heavy atom. The average molecular weight is 261 g/mol. The summed E-state index contributed by atoms with van der Waals surface area (Å²) in [5.74, 6) is -0.151. The number of carbonyl (C=O) groups excluding carboxylic acids is 1. The highest BCUT2D eigenvalue weighted by molar-refractivity contribution is 5.92. The summed E-state index contributed by atoms with van der Waals surface area (Å²) in [7, 11) is 0. The Bertz CT molecular complexity index is 539. The van der Waals surface area contributed by atoms with Crippen LogP contribution in [0.3, 0.4) is 0 Å². The van der Waals surface area contributed by atoms with Crippen molar-refractivity contribution >= 4 is 11.6 Å². The molecule has 0 saturated carbocycles. The lowest BCUT2D eigenvalue weighted by Crippen LogP contribution is -2.15. The van der Waals surface area contributed by atoms with Crippen LogP contribution in [0.5, 0.6) is 0 Å². The van der Waals surface area contributed by atoms with Gasteiger partial charge < -0.3 is 10.4 Å². The van der Waals surface area contributed by atoms with Crippen LogP contribution in [-0.4, -0.2) is 37.3 Å². The van der Waals surface area contributed by atoms with E-state index in [-0.39, 0.29) is 12.3 Å². The van der Waals surface area contributed by atoms with E-state index in [1.807, 2.05) is 12.1 Å². The van der Waals surface area contributed by atoms with Crippen molar-refractivity contribution in [3.05, 3.63) is 30.6 Å². The Morgan fingerprint density at radius 1 is 1.47 bits per heavy atom. The van der Waals surface area contributed by atoms with Gasteiger partial charge in [0.05, 0.1) is 17.5 Å². The van der Waals surface area contributed by atoms with Gasteiger partial charge in [-0.25, -0.2) is 0 Å². The van der Waals surface area contributed by atoms with E-state index in [4.69, 9.17) is 5.11 Å². The van der Waals surface area contributed by atoms with E-state index in [1.54, 1.807) is 19.1 Å². The first kappa shape index (κ1) is 13.2. The SMILES string of the molecule is CC(O)CCC(=O)Nc1ccccc1-n1cnnn1. The van der Waals surface area contributed by atoms with Crippen molar-refractivity contribution in [2.24, 2.45) is 0 Å². The molecular weight excluding hydrogens is 246 g/mol. The minimum Gasteiger partial charge on any atom is -0.393 e. The van der Waals surface area contributed by atoms with E-state index in [2.05, 4.69) is 20.8 Å². The normalized spacial score (nSPS) is 12.1. The molecule has 1 amide bonds. The van der Waals surface area contributed by atoms with Crippen molar-refractivity contribution in [1.82, 2.24) is 20.2 Å². The number of nitrogens with one attached hydrogen (secondary N) is 1. The standard InChI is InChI=1S/C12H15N5O2/c1-9(18)6-7-12(19)14-10-4-2-3-5-11(10)17-8-13-15-16-17/h2-5,8-9,18H,6-7H2,1H3,(H,14,19). The molecule has 2 rings (SSSR count). The number of anilines is 1. The second-order valence-corrected chi connectivity index (χ2v) is 4.21. The molecule has 7 nitrogen and oxygen atoms in total. The quantitative estimate of drug-likeness (QED) is 0.829. The van der Waals surface area contributed by atoms with Crippen LogP contribution in [0.15, 0.2) is 30.6 Å². The van der Waals surface area contributed by atoms with Crippen LogP contribution >= 0.6 is 0 Å². The number of tetrazole rings is 1. The second-order valence-electron chi connectivity index (χ2n) is 4.21. The molecule has 1 heterocycles. The number of aliphatic hydroxyl groups is 1. The molecule has 0 saturated heterocycles. The lowest BCUT2D eigenvalue weighted by molar-refractivity contribution is -0.116. The highest BCUT2D eigenvalue weighted by Gasteiger charge is 2.09. The highest BCUT2D eigenvalue weighted by atomic mass is 16.3. The first-order valence-electron chi connectivity index (χ1n) is 5.97. The summed E-state index contributed by atoms with van der Waals surface area (Å²) in [5, 5.41) is 22.9. The van der Waals surface area contributed by atoms with E-state index in [0.29, 0.717) is 17.8 Å². The van der Waals surface area contributed by atoms with Crippen molar-refractivity contribution in [1.29, 1.82) is 0 Å². The van der Waals surface area contributed by atoms with E-state index < -0.39 is 6.10 Å². The zero-order valence-corrected chi connectivity index (χ0v) is 10.5. The number of aromatic nitrogens is 4. The molecule has 0 fully saturated rings. The fraction of sp³-hybridized carbons (Fsp3) is 0.333. The van der Waals surface area contributed by atoms with E-state index in [1.165, 1.54) is 11.0 Å². The topological polar surface area (TPSA) is 92.9 Å². The molecule has 19 heavy (non-hydrogen) atoms. The van der Waals surface area contributed by atoms with Crippen LogP contribution in [0.1, 0.15) is 19.8 Å². The number of nitrogens with zero attached hydrogens (tertiary/aromatic N) is 4. The molecule has 2 aromatic rings. The smallest absolute Gasteiger partial charge is 0.224 e. The van der Waals surface area contributed by atoms with Crippen molar-refractivity contribution in [2.45, 2.75) is 25.9 Å². The molecule has 1 unspecified atom stereocenters. The summed E-state index contributed by atoms with van der Waals surface area (Å²) >= 11 is 0. The Kier molecular flexibility index (Phi) is 4.19. The van der Waals surface area contributed by atoms with Gasteiger partial charge in [-0.1, -0.05) is 12.1 Å². The summed E-state index contributed by atoms with van der Waals surface area (Å²) in [4.78, 5) is 11.8. The van der Waals surface area contributed by atoms with Crippen molar-refractivity contribution in [3.8, 4) is 5.69 Å². The van der Waals surface area contributed by atoms with Gasteiger partial charge in [0.2, 0.25) is 5.91 Å². The van der Waals surface area contributed by atoms with Crippen molar-refractivity contribution in [3.63, 3.8) is 0 Å². The monoisotopic (exact) mass is 261 g/mol. The number of benzene rings is 1. The second kappa shape index (κ2) is 6.05. The van der Waals surface area contributed by atoms with E-state index in [9.17, 15) is 4.79 Å². The van der Waals surface area contributed by atoms with Crippen molar-refractivity contribution < 1.29 is 9.90 Å². The molecule has 0 bridgehead atoms. The third-order valence-corrected chi connectivity index (χ3v) is 2.56. The van der Waals surface area contributed by atoms with E-state index in [0.717, 1.165) is 0 Å². The van der Waals surface area contributed by atoms with Gasteiger partial charge in [0, 0.05) is 6.42 Å². The lowest BCUT2D eigenvalue weighted by atomic mass is 10.2. The molecular formula is C12H15N5O2. The van der Waals surface area contributed by atoms with Gasteiger partial charge in [-0.05, 0) is 35.9 Å². The molecule has 1 atom stereocenters. The maximum Gasteiger partial charge on any atom is 0.224 e. The van der Waals surface area contributed by atoms with Crippen LogP contribution in [-0.2, 0) is 4.79 Å². The van der Waals surface area contributed by atoms with Crippen LogP contribution < -0.4 is 5.32 Å². The number of carbonyl (C=O) groups is 1. The third kappa shape index (κ3) is 3.59. The summed E-state index contributed by atoms with van der Waals surface area (Å²) in [6, 6.07) is 7.23. The average Bonchev–Trinajstić information content (AvgIpc) is 2.91. The van der Waals surface area contributed by atoms with Gasteiger partial charge in [0.25, 0.3) is 0 Å². The van der Waals surface area contributed by atoms with Gasteiger partial charge in [-0.15, -0.1) is 5.10 Å². The number of hydrogen-bond acceptors (Lipinski definition) is 5. The number of amides is 1. The molecule has 0 aliphatic heterocycles. The molecule has 1 aromatic heterocycles. The largest absolute Gasteiger partial charge is 0.393 e. The summed E-state index contributed by atoms with van der Waals surface area (Å²) < 4.78 is 1.48. The Balaban J connectivity index is 2.10. The van der Waals surface area contributed by atoms with Crippen molar-refractivity contribution in [2.75, 3.05) is 5.32 Å². The number of hydrogen-bond donors (Lipinski definition) is 2. The Labute approximate surface area is 110 Å². The number of para-hydroxylation sites is 2. The number of aliphatic hydroxyl groups excluding tert-OH is 1. The maximum atomic E-state index is 11.8. The van der Waals surface area contributed by atoms with Gasteiger partial charge in [-0.3, -0.25) is 4.79 Å². The molecule has 0 radical (unpaired) electrons. The summed E-state index contributed by atoms with van der Waals surface area (Å²) in [5.41, 5.74) is 1.32. The minimum atomic E-state index is -0.486. The molecule has 0 aliphatic rings. The molecule has 100 valence electrons. The molecule has 7 heteroatoms. The molecule has 0 aliphatic carbocycles. The Hall–Kier alpha value is -2.28. The van der Waals surface area contributed by atoms with Crippen LogP contribution in [0, 0.1) is 0 Å². The van der Waals surface area contributed by atoms with Crippen LogP contribution in [0.2, 0.25) is 0 Å². The molecule has 0 spiro atoms. The van der Waals surface area contributed by atoms with Gasteiger partial charge >= 0.3 is 0 Å². The number of rotatable bonds is 5. The maximum absolute atomic E-state index is 11.8. The molecule has 2 N–H and O–H groups in total. The first-order chi connectivity index (χ1) is 9.16. The third-order valence-electron chi connectivity index (χ3n) is 2.56. The van der Waals surface area contributed by atoms with Gasteiger partial charge in [0.1, 0.15) is 6.33 Å². The fourth-order valence-electron chi connectivity index (χ4n) is 1.60. The summed E-state index contributed by atoms with van der Waals surface area (Å²) in [6.45, 7) is 1.66. The van der Waals surface area contributed by atoms with E-state index >= 15 is 0 Å². The first-order valence-corrected chi connectivity index (χ1v) is 5.97. The zero-order valence-electron chi connectivity index (χ0n) is 10.5. The van der Waals surface area contributed by atoms with Crippen LogP contribution in [0.4, 0.5) is 5.69 Å². The zero-order chi connectivity index (χ0) is 13.7. The predicted octanol–water partition coefficient (Wildman–Crippen LogP) is 0.762.